The largest absolute Gasteiger partial charge is 0.469 e. The Kier molecular flexibility index (Phi) is 7.29. The van der Waals surface area contributed by atoms with Crippen molar-refractivity contribution < 1.29 is 28.8 Å². The number of ether oxygens (including phenoxy) is 2. The minimum Gasteiger partial charge on any atom is -0.469 e. The topological polar surface area (TPSA) is 138 Å². The van der Waals surface area contributed by atoms with Gasteiger partial charge in [-0.25, -0.2) is 4.79 Å². The van der Waals surface area contributed by atoms with E-state index < -0.39 is 34.7 Å². The Bertz CT molecular complexity index is 1190. The van der Waals surface area contributed by atoms with Gasteiger partial charge < -0.3 is 14.8 Å². The second kappa shape index (κ2) is 10.3. The molecule has 10 heteroatoms. The molecule has 0 saturated carbocycles. The highest BCUT2D eigenvalue weighted by Crippen LogP contribution is 2.28. The number of benzene rings is 2. The fraction of sp³-hybridized carbons (Fsp3) is 0.217. The van der Waals surface area contributed by atoms with Crippen molar-refractivity contribution in [2.24, 2.45) is 0 Å². The summed E-state index contributed by atoms with van der Waals surface area (Å²) in [6.45, 7) is 0. The maximum absolute atomic E-state index is 13.2. The highest BCUT2D eigenvalue weighted by atomic mass is 16.6. The first-order valence-corrected chi connectivity index (χ1v) is 9.89. The monoisotopic (exact) mass is 451 g/mol. The lowest BCUT2D eigenvalue weighted by molar-refractivity contribution is -0.384. The number of fused-ring (bicyclic) bond motifs is 1. The van der Waals surface area contributed by atoms with E-state index in [4.69, 9.17) is 9.47 Å². The molecule has 3 aromatic rings. The van der Waals surface area contributed by atoms with Crippen molar-refractivity contribution in [1.29, 1.82) is 0 Å². The Morgan fingerprint density at radius 2 is 1.73 bits per heavy atom. The number of amides is 1. The molecule has 10 nitrogen and oxygen atoms in total. The summed E-state index contributed by atoms with van der Waals surface area (Å²) < 4.78 is 9.64. The highest BCUT2D eigenvalue weighted by Gasteiger charge is 2.35. The van der Waals surface area contributed by atoms with Crippen LogP contribution in [0.5, 0.6) is 0 Å². The molecular weight excluding hydrogens is 430 g/mol. The lowest BCUT2D eigenvalue weighted by Gasteiger charge is -2.26. The van der Waals surface area contributed by atoms with E-state index >= 15 is 0 Å². The van der Waals surface area contributed by atoms with Crippen LogP contribution in [0.2, 0.25) is 0 Å². The molecule has 1 aromatic heterocycles. The van der Waals surface area contributed by atoms with Crippen molar-refractivity contribution in [2.45, 2.75) is 18.4 Å². The van der Waals surface area contributed by atoms with Crippen molar-refractivity contribution in [1.82, 2.24) is 10.3 Å². The zero-order chi connectivity index (χ0) is 24.0. The average Bonchev–Trinajstić information content (AvgIpc) is 2.84. The van der Waals surface area contributed by atoms with Gasteiger partial charge in [-0.2, -0.15) is 0 Å². The molecular formula is C23H21N3O7. The molecule has 0 saturated heterocycles. The first-order chi connectivity index (χ1) is 15.8. The number of rotatable bonds is 8. The summed E-state index contributed by atoms with van der Waals surface area (Å²) >= 11 is 0. The van der Waals surface area contributed by atoms with Gasteiger partial charge in [0, 0.05) is 29.6 Å². The number of hydrogen-bond acceptors (Lipinski definition) is 8. The van der Waals surface area contributed by atoms with E-state index in [0.717, 1.165) is 12.5 Å². The molecule has 0 fully saturated rings. The molecule has 0 unspecified atom stereocenters. The number of carbonyl (C=O) groups excluding carboxylic acids is 3. The smallest absolute Gasteiger partial charge is 0.329 e. The number of carbonyl (C=O) groups is 3. The number of nitrogens with one attached hydrogen (secondary N) is 1. The van der Waals surface area contributed by atoms with Gasteiger partial charge in [-0.3, -0.25) is 24.7 Å². The average molecular weight is 451 g/mol. The highest BCUT2D eigenvalue weighted by molar-refractivity contribution is 6.06. The molecule has 0 aliphatic carbocycles. The molecule has 2 atom stereocenters. The van der Waals surface area contributed by atoms with Gasteiger partial charge in [0.25, 0.3) is 11.6 Å². The molecule has 0 bridgehead atoms. The maximum Gasteiger partial charge on any atom is 0.329 e. The number of nitrogens with zero attached hydrogens (tertiary/aromatic N) is 2. The van der Waals surface area contributed by atoms with Crippen LogP contribution in [0.25, 0.3) is 10.9 Å². The van der Waals surface area contributed by atoms with Crippen LogP contribution >= 0.6 is 0 Å². The summed E-state index contributed by atoms with van der Waals surface area (Å²) in [6, 6.07) is 12.7. The van der Waals surface area contributed by atoms with Crippen molar-refractivity contribution in [2.75, 3.05) is 14.2 Å². The predicted octanol–water partition coefficient (Wildman–Crippen LogP) is 2.76. The third kappa shape index (κ3) is 5.29. The number of aromatic nitrogens is 1. The summed E-state index contributed by atoms with van der Waals surface area (Å²) in [5.41, 5.74) is 0.942. The van der Waals surface area contributed by atoms with E-state index in [0.29, 0.717) is 11.1 Å². The van der Waals surface area contributed by atoms with E-state index in [1.165, 1.54) is 31.4 Å². The molecule has 0 aliphatic rings. The molecule has 1 N–H and O–H groups in total. The lowest BCUT2D eigenvalue weighted by atomic mass is 9.88. The molecule has 0 radical (unpaired) electrons. The fourth-order valence-corrected chi connectivity index (χ4v) is 3.49. The number of nitro groups is 1. The van der Waals surface area contributed by atoms with Crippen LogP contribution in [0.3, 0.4) is 0 Å². The summed E-state index contributed by atoms with van der Waals surface area (Å²) in [5, 5.41) is 14.4. The number of nitro benzene ring substituents is 1. The number of para-hydroxylation sites is 1. The summed E-state index contributed by atoms with van der Waals surface area (Å²) in [4.78, 5) is 52.6. The fourth-order valence-electron chi connectivity index (χ4n) is 3.49. The van der Waals surface area contributed by atoms with Crippen LogP contribution in [-0.2, 0) is 19.1 Å². The van der Waals surface area contributed by atoms with Crippen molar-refractivity contribution in [3.05, 3.63) is 82.0 Å². The molecule has 0 spiro atoms. The molecule has 33 heavy (non-hydrogen) atoms. The van der Waals surface area contributed by atoms with Crippen molar-refractivity contribution in [3.8, 4) is 0 Å². The van der Waals surface area contributed by atoms with E-state index in [9.17, 15) is 24.5 Å². The van der Waals surface area contributed by atoms with Gasteiger partial charge in [0.2, 0.25) is 0 Å². The van der Waals surface area contributed by atoms with Gasteiger partial charge >= 0.3 is 11.9 Å². The SMILES string of the molecule is COC(=O)C[C@@H](c1ccc([N+](=O)[O-])cc1)[C@@H](NC(=O)c1cccc2cccnc12)C(=O)OC. The Morgan fingerprint density at radius 3 is 2.36 bits per heavy atom. The number of pyridine rings is 1. The van der Waals surface area contributed by atoms with Crippen LogP contribution in [-0.4, -0.2) is 48.0 Å². The van der Waals surface area contributed by atoms with Gasteiger partial charge in [-0.1, -0.05) is 30.3 Å². The molecule has 0 aliphatic heterocycles. The Morgan fingerprint density at radius 1 is 1.03 bits per heavy atom. The van der Waals surface area contributed by atoms with E-state index in [2.05, 4.69) is 10.3 Å². The van der Waals surface area contributed by atoms with Crippen LogP contribution in [0.4, 0.5) is 5.69 Å². The third-order valence-corrected chi connectivity index (χ3v) is 5.17. The van der Waals surface area contributed by atoms with Crippen molar-refractivity contribution in [3.63, 3.8) is 0 Å². The summed E-state index contributed by atoms with van der Waals surface area (Å²) in [7, 11) is 2.36. The van der Waals surface area contributed by atoms with Gasteiger partial charge in [0.05, 0.1) is 36.6 Å². The van der Waals surface area contributed by atoms with Crippen LogP contribution in [0.15, 0.2) is 60.8 Å². The van der Waals surface area contributed by atoms with Crippen LogP contribution < -0.4 is 5.32 Å². The van der Waals surface area contributed by atoms with Crippen LogP contribution in [0, 0.1) is 10.1 Å². The summed E-state index contributed by atoms with van der Waals surface area (Å²) in [5.74, 6) is -2.92. The van der Waals surface area contributed by atoms with Crippen molar-refractivity contribution >= 4 is 34.4 Å². The van der Waals surface area contributed by atoms with Crippen LogP contribution in [0.1, 0.15) is 28.3 Å². The predicted molar refractivity (Wildman–Crippen MR) is 117 cm³/mol. The lowest BCUT2D eigenvalue weighted by Crippen LogP contribution is -2.46. The number of non-ortho nitro benzene ring substituents is 1. The van der Waals surface area contributed by atoms with Gasteiger partial charge in [-0.15, -0.1) is 0 Å². The zero-order valence-electron chi connectivity index (χ0n) is 17.9. The first kappa shape index (κ1) is 23.3. The minimum absolute atomic E-state index is 0.156. The maximum atomic E-state index is 13.2. The molecule has 3 rings (SSSR count). The number of hydrogen-bond donors (Lipinski definition) is 1. The molecule has 1 amide bonds. The standard InChI is InChI=1S/C23H21N3O7/c1-32-19(27)13-18(14-8-10-16(11-9-14)26(30)31)21(23(29)33-2)25-22(28)17-7-3-5-15-6-4-12-24-20(15)17/h3-12,18,21H,13H2,1-2H3,(H,25,28)/t18-,21+/m0/s1. The number of methoxy groups -OCH3 is 2. The number of esters is 2. The second-order valence-corrected chi connectivity index (χ2v) is 7.09. The summed E-state index contributed by atoms with van der Waals surface area (Å²) in [6.07, 6.45) is 1.27. The second-order valence-electron chi connectivity index (χ2n) is 7.09. The van der Waals surface area contributed by atoms with E-state index in [-0.39, 0.29) is 17.7 Å². The molecule has 1 heterocycles. The minimum atomic E-state index is -1.28. The Balaban J connectivity index is 2.00. The molecule has 2 aromatic carbocycles. The zero-order valence-corrected chi connectivity index (χ0v) is 17.9. The quantitative estimate of drug-likeness (QED) is 0.313. The van der Waals surface area contributed by atoms with Gasteiger partial charge in [0.15, 0.2) is 0 Å². The third-order valence-electron chi connectivity index (χ3n) is 5.17. The van der Waals surface area contributed by atoms with E-state index in [1.807, 2.05) is 0 Å². The Hall–Kier alpha value is -4.34. The molecule has 170 valence electrons. The Labute approximate surface area is 188 Å². The van der Waals surface area contributed by atoms with E-state index in [1.54, 1.807) is 36.5 Å². The normalized spacial score (nSPS) is 12.4. The van der Waals surface area contributed by atoms with Gasteiger partial charge in [-0.05, 0) is 17.7 Å². The van der Waals surface area contributed by atoms with Gasteiger partial charge in [0.1, 0.15) is 6.04 Å². The first-order valence-electron chi connectivity index (χ1n) is 9.89.